The number of halogens is 1. The Kier molecular flexibility index (Phi) is 4.39. The number of ether oxygens (including phenoxy) is 1. The van der Waals surface area contributed by atoms with Gasteiger partial charge < -0.3 is 4.74 Å². The highest BCUT2D eigenvalue weighted by Crippen LogP contribution is 2.36. The van der Waals surface area contributed by atoms with Gasteiger partial charge in [-0.3, -0.25) is 0 Å². The smallest absolute Gasteiger partial charge is 0.131 e. The zero-order chi connectivity index (χ0) is 14.8. The van der Waals surface area contributed by atoms with Gasteiger partial charge in [-0.05, 0) is 30.0 Å². The van der Waals surface area contributed by atoms with E-state index in [1.54, 1.807) is 0 Å². The van der Waals surface area contributed by atoms with Crippen LogP contribution in [0, 0.1) is 6.92 Å². The maximum Gasteiger partial charge on any atom is 0.131 e. The summed E-state index contributed by atoms with van der Waals surface area (Å²) in [6.07, 6.45) is 0. The third-order valence-corrected chi connectivity index (χ3v) is 3.57. The highest BCUT2D eigenvalue weighted by molar-refractivity contribution is 6.17. The summed E-state index contributed by atoms with van der Waals surface area (Å²) in [7, 11) is 0. The average molecular weight is 289 g/mol. The predicted octanol–water partition coefficient (Wildman–Crippen LogP) is 5.82. The first-order valence-corrected chi connectivity index (χ1v) is 7.38. The molecule has 0 aliphatic heterocycles. The SMILES string of the molecule is Cc1ccc(C(C)(C)C)c(Oc2ccccc2CCl)c1. The van der Waals surface area contributed by atoms with Crippen LogP contribution in [-0.4, -0.2) is 0 Å². The first-order valence-electron chi connectivity index (χ1n) is 6.84. The summed E-state index contributed by atoms with van der Waals surface area (Å²) in [6, 6.07) is 14.3. The van der Waals surface area contributed by atoms with Crippen LogP contribution in [0.2, 0.25) is 0 Å². The van der Waals surface area contributed by atoms with Crippen LogP contribution in [0.4, 0.5) is 0 Å². The fourth-order valence-corrected chi connectivity index (χ4v) is 2.39. The monoisotopic (exact) mass is 288 g/mol. The number of benzene rings is 2. The number of aryl methyl sites for hydroxylation is 1. The van der Waals surface area contributed by atoms with Crippen LogP contribution in [0.15, 0.2) is 42.5 Å². The molecule has 0 bridgehead atoms. The van der Waals surface area contributed by atoms with Gasteiger partial charge in [0, 0.05) is 11.1 Å². The van der Waals surface area contributed by atoms with Gasteiger partial charge in [-0.2, -0.15) is 0 Å². The number of hydrogen-bond acceptors (Lipinski definition) is 1. The molecule has 20 heavy (non-hydrogen) atoms. The van der Waals surface area contributed by atoms with Gasteiger partial charge in [-0.1, -0.05) is 51.1 Å². The summed E-state index contributed by atoms with van der Waals surface area (Å²) < 4.78 is 6.15. The Hall–Kier alpha value is -1.47. The van der Waals surface area contributed by atoms with Crippen LogP contribution in [-0.2, 0) is 11.3 Å². The van der Waals surface area contributed by atoms with Crippen molar-refractivity contribution in [1.29, 1.82) is 0 Å². The fourth-order valence-electron chi connectivity index (χ4n) is 2.17. The summed E-state index contributed by atoms with van der Waals surface area (Å²) in [4.78, 5) is 0. The Morgan fingerprint density at radius 3 is 2.35 bits per heavy atom. The first kappa shape index (κ1) is 14.9. The molecule has 0 aliphatic carbocycles. The van der Waals surface area contributed by atoms with Gasteiger partial charge in [-0.15, -0.1) is 11.6 Å². The molecule has 0 heterocycles. The highest BCUT2D eigenvalue weighted by atomic mass is 35.5. The van der Waals surface area contributed by atoms with E-state index in [9.17, 15) is 0 Å². The molecule has 0 spiro atoms. The lowest BCUT2D eigenvalue weighted by molar-refractivity contribution is 0.451. The number of alkyl halides is 1. The minimum Gasteiger partial charge on any atom is -0.457 e. The molecule has 0 fully saturated rings. The number of para-hydroxylation sites is 1. The van der Waals surface area contributed by atoms with Crippen molar-refractivity contribution >= 4 is 11.6 Å². The van der Waals surface area contributed by atoms with E-state index < -0.39 is 0 Å². The van der Waals surface area contributed by atoms with E-state index in [0.29, 0.717) is 5.88 Å². The molecule has 0 amide bonds. The molecule has 0 aromatic heterocycles. The quantitative estimate of drug-likeness (QED) is 0.646. The molecule has 2 heteroatoms. The molecule has 106 valence electrons. The molecule has 2 rings (SSSR count). The third-order valence-electron chi connectivity index (χ3n) is 3.28. The van der Waals surface area contributed by atoms with Crippen molar-refractivity contribution in [2.45, 2.75) is 39.0 Å². The second-order valence-corrected chi connectivity index (χ2v) is 6.36. The number of rotatable bonds is 3. The normalized spacial score (nSPS) is 11.4. The van der Waals surface area contributed by atoms with Crippen LogP contribution in [0.3, 0.4) is 0 Å². The van der Waals surface area contributed by atoms with E-state index in [0.717, 1.165) is 17.1 Å². The van der Waals surface area contributed by atoms with E-state index in [1.807, 2.05) is 24.3 Å². The second-order valence-electron chi connectivity index (χ2n) is 6.09. The Morgan fingerprint density at radius 1 is 1.00 bits per heavy atom. The molecule has 2 aromatic rings. The van der Waals surface area contributed by atoms with Gasteiger partial charge in [0.1, 0.15) is 11.5 Å². The van der Waals surface area contributed by atoms with Crippen molar-refractivity contribution in [2.75, 3.05) is 0 Å². The minimum absolute atomic E-state index is 0.0406. The fraction of sp³-hybridized carbons (Fsp3) is 0.333. The molecule has 0 aliphatic rings. The van der Waals surface area contributed by atoms with E-state index >= 15 is 0 Å². The van der Waals surface area contributed by atoms with Gasteiger partial charge in [0.2, 0.25) is 0 Å². The molecule has 1 nitrogen and oxygen atoms in total. The van der Waals surface area contributed by atoms with Gasteiger partial charge in [0.05, 0.1) is 5.88 Å². The number of hydrogen-bond donors (Lipinski definition) is 0. The van der Waals surface area contributed by atoms with Crippen molar-refractivity contribution in [3.63, 3.8) is 0 Å². The summed E-state index contributed by atoms with van der Waals surface area (Å²) in [5.41, 5.74) is 3.44. The molecule has 0 unspecified atom stereocenters. The molecular formula is C18H21ClO. The Morgan fingerprint density at radius 2 is 1.70 bits per heavy atom. The topological polar surface area (TPSA) is 9.23 Å². The molecule has 0 radical (unpaired) electrons. The summed E-state index contributed by atoms with van der Waals surface area (Å²) in [5.74, 6) is 2.20. The highest BCUT2D eigenvalue weighted by Gasteiger charge is 2.19. The van der Waals surface area contributed by atoms with Crippen LogP contribution >= 0.6 is 11.6 Å². The van der Waals surface area contributed by atoms with Crippen molar-refractivity contribution in [3.05, 3.63) is 59.2 Å². The van der Waals surface area contributed by atoms with Crippen LogP contribution in [0.1, 0.15) is 37.5 Å². The maximum atomic E-state index is 6.15. The Labute approximate surface area is 126 Å². The standard InChI is InChI=1S/C18H21ClO/c1-13-9-10-15(18(2,3)4)17(11-13)20-16-8-6-5-7-14(16)12-19/h5-11H,12H2,1-4H3. The lowest BCUT2D eigenvalue weighted by Gasteiger charge is -2.23. The van der Waals surface area contributed by atoms with Crippen LogP contribution in [0.25, 0.3) is 0 Å². The van der Waals surface area contributed by atoms with Crippen molar-refractivity contribution in [2.24, 2.45) is 0 Å². The lowest BCUT2D eigenvalue weighted by Crippen LogP contribution is -2.12. The van der Waals surface area contributed by atoms with E-state index in [4.69, 9.17) is 16.3 Å². The first-order chi connectivity index (χ1) is 9.41. The van der Waals surface area contributed by atoms with Gasteiger partial charge in [-0.25, -0.2) is 0 Å². The van der Waals surface area contributed by atoms with Crippen LogP contribution < -0.4 is 4.74 Å². The van der Waals surface area contributed by atoms with E-state index in [2.05, 4.69) is 45.9 Å². The van der Waals surface area contributed by atoms with E-state index in [1.165, 1.54) is 11.1 Å². The molecule has 0 saturated heterocycles. The van der Waals surface area contributed by atoms with Crippen molar-refractivity contribution in [3.8, 4) is 11.5 Å². The second kappa shape index (κ2) is 5.88. The zero-order valence-electron chi connectivity index (χ0n) is 12.5. The molecular weight excluding hydrogens is 268 g/mol. The van der Waals surface area contributed by atoms with Crippen LogP contribution in [0.5, 0.6) is 11.5 Å². The molecule has 2 aromatic carbocycles. The Balaban J connectivity index is 2.45. The minimum atomic E-state index is 0.0406. The largest absolute Gasteiger partial charge is 0.457 e. The van der Waals surface area contributed by atoms with Crippen molar-refractivity contribution < 1.29 is 4.74 Å². The van der Waals surface area contributed by atoms with Gasteiger partial charge in [0.25, 0.3) is 0 Å². The summed E-state index contributed by atoms with van der Waals surface area (Å²) in [6.45, 7) is 8.65. The van der Waals surface area contributed by atoms with Gasteiger partial charge in [0.15, 0.2) is 0 Å². The summed E-state index contributed by atoms with van der Waals surface area (Å²) >= 11 is 5.98. The average Bonchev–Trinajstić information content (AvgIpc) is 2.38. The lowest BCUT2D eigenvalue weighted by atomic mass is 9.86. The van der Waals surface area contributed by atoms with E-state index in [-0.39, 0.29) is 5.41 Å². The zero-order valence-corrected chi connectivity index (χ0v) is 13.3. The Bertz CT molecular complexity index is 597. The predicted molar refractivity (Wildman–Crippen MR) is 86.0 cm³/mol. The third kappa shape index (κ3) is 3.34. The molecule has 0 N–H and O–H groups in total. The maximum absolute atomic E-state index is 6.15. The van der Waals surface area contributed by atoms with Crippen molar-refractivity contribution in [1.82, 2.24) is 0 Å². The molecule has 0 atom stereocenters. The molecule has 0 saturated carbocycles. The summed E-state index contributed by atoms with van der Waals surface area (Å²) in [5, 5.41) is 0. The van der Waals surface area contributed by atoms with Gasteiger partial charge >= 0.3 is 0 Å².